The Morgan fingerprint density at radius 3 is 2.38 bits per heavy atom. The van der Waals surface area contributed by atoms with E-state index >= 15 is 0 Å². The molecule has 1 atom stereocenters. The van der Waals surface area contributed by atoms with E-state index in [2.05, 4.69) is 5.32 Å². The molecule has 6 heteroatoms. The predicted octanol–water partition coefficient (Wildman–Crippen LogP) is 3.10. The topological polar surface area (TPSA) is 66.0 Å². The van der Waals surface area contributed by atoms with Crippen LogP contribution in [-0.4, -0.2) is 33.3 Å². The van der Waals surface area contributed by atoms with Gasteiger partial charge in [0.2, 0.25) is 5.75 Å². The van der Waals surface area contributed by atoms with Crippen LogP contribution < -0.4 is 24.3 Å². The van der Waals surface area contributed by atoms with Gasteiger partial charge in [0.1, 0.15) is 5.75 Å². The van der Waals surface area contributed by atoms with Crippen LogP contribution in [0.3, 0.4) is 0 Å². The molecule has 0 aliphatic heterocycles. The van der Waals surface area contributed by atoms with Gasteiger partial charge in [0.05, 0.1) is 21.3 Å². The molecule has 2 rings (SSSR count). The SMILES string of the molecule is COc1ccc(CNC(=O)[C@H](C)Oc2cccc(C)c2)c(OC)c1OC. The second-order valence-corrected chi connectivity index (χ2v) is 5.79. The second kappa shape index (κ2) is 8.99. The molecule has 0 bridgehead atoms. The summed E-state index contributed by atoms with van der Waals surface area (Å²) < 4.78 is 21.7. The van der Waals surface area contributed by atoms with Crippen molar-refractivity contribution in [1.82, 2.24) is 5.32 Å². The van der Waals surface area contributed by atoms with Crippen LogP contribution >= 0.6 is 0 Å². The fourth-order valence-corrected chi connectivity index (χ4v) is 2.57. The number of aryl methyl sites for hydroxylation is 1. The van der Waals surface area contributed by atoms with Crippen molar-refractivity contribution in [3.05, 3.63) is 47.5 Å². The first kappa shape index (κ1) is 19.4. The fraction of sp³-hybridized carbons (Fsp3) is 0.350. The van der Waals surface area contributed by atoms with Crippen molar-refractivity contribution in [3.8, 4) is 23.0 Å². The Labute approximate surface area is 154 Å². The molecule has 26 heavy (non-hydrogen) atoms. The number of carbonyl (C=O) groups excluding carboxylic acids is 1. The van der Waals surface area contributed by atoms with E-state index in [4.69, 9.17) is 18.9 Å². The molecule has 0 saturated carbocycles. The summed E-state index contributed by atoms with van der Waals surface area (Å²) in [5, 5.41) is 2.86. The largest absolute Gasteiger partial charge is 0.493 e. The maximum Gasteiger partial charge on any atom is 0.261 e. The minimum Gasteiger partial charge on any atom is -0.493 e. The zero-order chi connectivity index (χ0) is 19.1. The summed E-state index contributed by atoms with van der Waals surface area (Å²) in [6.07, 6.45) is -0.622. The number of benzene rings is 2. The molecule has 0 radical (unpaired) electrons. The summed E-state index contributed by atoms with van der Waals surface area (Å²) in [4.78, 5) is 12.3. The van der Waals surface area contributed by atoms with Crippen LogP contribution in [0.4, 0.5) is 0 Å². The Kier molecular flexibility index (Phi) is 6.72. The van der Waals surface area contributed by atoms with E-state index in [0.717, 1.165) is 11.1 Å². The summed E-state index contributed by atoms with van der Waals surface area (Å²) in [6, 6.07) is 11.2. The van der Waals surface area contributed by atoms with Gasteiger partial charge < -0.3 is 24.3 Å². The molecular formula is C20H25NO5. The van der Waals surface area contributed by atoms with Crippen molar-refractivity contribution >= 4 is 5.91 Å². The molecule has 0 fully saturated rings. The highest BCUT2D eigenvalue weighted by molar-refractivity contribution is 5.80. The van der Waals surface area contributed by atoms with Crippen molar-refractivity contribution in [2.75, 3.05) is 21.3 Å². The van der Waals surface area contributed by atoms with E-state index in [1.165, 1.54) is 0 Å². The Hall–Kier alpha value is -2.89. The Morgan fingerprint density at radius 1 is 1.04 bits per heavy atom. The summed E-state index contributed by atoms with van der Waals surface area (Å²) >= 11 is 0. The zero-order valence-corrected chi connectivity index (χ0v) is 15.8. The average molecular weight is 359 g/mol. The van der Waals surface area contributed by atoms with Gasteiger partial charge in [0.15, 0.2) is 17.6 Å². The number of ether oxygens (including phenoxy) is 4. The maximum absolute atomic E-state index is 12.3. The van der Waals surface area contributed by atoms with Gasteiger partial charge >= 0.3 is 0 Å². The molecule has 0 aromatic heterocycles. The number of hydrogen-bond acceptors (Lipinski definition) is 5. The first-order valence-corrected chi connectivity index (χ1v) is 8.29. The van der Waals surface area contributed by atoms with E-state index in [1.807, 2.05) is 37.3 Å². The molecular weight excluding hydrogens is 334 g/mol. The van der Waals surface area contributed by atoms with E-state index in [-0.39, 0.29) is 12.5 Å². The van der Waals surface area contributed by atoms with E-state index < -0.39 is 6.10 Å². The van der Waals surface area contributed by atoms with Gasteiger partial charge in [-0.15, -0.1) is 0 Å². The van der Waals surface area contributed by atoms with Crippen LogP contribution in [0.2, 0.25) is 0 Å². The molecule has 0 saturated heterocycles. The molecule has 2 aromatic carbocycles. The lowest BCUT2D eigenvalue weighted by molar-refractivity contribution is -0.127. The molecule has 0 heterocycles. The second-order valence-electron chi connectivity index (χ2n) is 5.79. The number of rotatable bonds is 8. The maximum atomic E-state index is 12.3. The molecule has 2 aromatic rings. The van der Waals surface area contributed by atoms with Crippen molar-refractivity contribution in [1.29, 1.82) is 0 Å². The van der Waals surface area contributed by atoms with Gasteiger partial charge in [0, 0.05) is 12.1 Å². The molecule has 0 aliphatic carbocycles. The monoisotopic (exact) mass is 359 g/mol. The molecule has 1 N–H and O–H groups in total. The van der Waals surface area contributed by atoms with Gasteiger partial charge in [0.25, 0.3) is 5.91 Å². The smallest absolute Gasteiger partial charge is 0.261 e. The standard InChI is InChI=1S/C20H25NO5/c1-13-7-6-8-16(11-13)26-14(2)20(22)21-12-15-9-10-17(23-3)19(25-5)18(15)24-4/h6-11,14H,12H2,1-5H3,(H,21,22)/t14-/m0/s1. The average Bonchev–Trinajstić information content (AvgIpc) is 2.64. The number of nitrogens with one attached hydrogen (secondary N) is 1. The normalized spacial score (nSPS) is 11.4. The predicted molar refractivity (Wildman–Crippen MR) is 99.2 cm³/mol. The minimum absolute atomic E-state index is 0.219. The highest BCUT2D eigenvalue weighted by Gasteiger charge is 2.18. The third-order valence-corrected chi connectivity index (χ3v) is 3.91. The van der Waals surface area contributed by atoms with Gasteiger partial charge in [-0.3, -0.25) is 4.79 Å². The molecule has 140 valence electrons. The third kappa shape index (κ3) is 4.59. The lowest BCUT2D eigenvalue weighted by atomic mass is 10.1. The van der Waals surface area contributed by atoms with Crippen LogP contribution in [0.15, 0.2) is 36.4 Å². The third-order valence-electron chi connectivity index (χ3n) is 3.91. The Morgan fingerprint density at radius 2 is 1.77 bits per heavy atom. The number of carbonyl (C=O) groups is 1. The van der Waals surface area contributed by atoms with Crippen molar-refractivity contribution in [3.63, 3.8) is 0 Å². The molecule has 6 nitrogen and oxygen atoms in total. The number of methoxy groups -OCH3 is 3. The highest BCUT2D eigenvalue weighted by atomic mass is 16.5. The first-order valence-electron chi connectivity index (χ1n) is 8.29. The lowest BCUT2D eigenvalue weighted by Gasteiger charge is -2.18. The number of amides is 1. The fourth-order valence-electron chi connectivity index (χ4n) is 2.57. The minimum atomic E-state index is -0.622. The molecule has 1 amide bonds. The van der Waals surface area contributed by atoms with Gasteiger partial charge in [-0.05, 0) is 43.7 Å². The van der Waals surface area contributed by atoms with Crippen LogP contribution in [0, 0.1) is 6.92 Å². The summed E-state index contributed by atoms with van der Waals surface area (Å²) in [5.74, 6) is 2.03. The van der Waals surface area contributed by atoms with Crippen LogP contribution in [-0.2, 0) is 11.3 Å². The molecule has 0 aliphatic rings. The van der Waals surface area contributed by atoms with Crippen molar-refractivity contribution in [2.24, 2.45) is 0 Å². The molecule has 0 unspecified atom stereocenters. The first-order chi connectivity index (χ1) is 12.5. The molecule has 0 spiro atoms. The quantitative estimate of drug-likeness (QED) is 0.784. The Balaban J connectivity index is 2.04. The van der Waals surface area contributed by atoms with Crippen LogP contribution in [0.1, 0.15) is 18.1 Å². The summed E-state index contributed by atoms with van der Waals surface area (Å²) in [7, 11) is 4.65. The number of hydrogen-bond donors (Lipinski definition) is 1. The van der Waals surface area contributed by atoms with E-state index in [1.54, 1.807) is 34.3 Å². The van der Waals surface area contributed by atoms with Gasteiger partial charge in [-0.25, -0.2) is 0 Å². The van der Waals surface area contributed by atoms with Gasteiger partial charge in [-0.1, -0.05) is 12.1 Å². The Bertz CT molecular complexity index is 760. The van der Waals surface area contributed by atoms with E-state index in [0.29, 0.717) is 23.0 Å². The highest BCUT2D eigenvalue weighted by Crippen LogP contribution is 2.39. The summed E-state index contributed by atoms with van der Waals surface area (Å²) in [6.45, 7) is 3.97. The summed E-state index contributed by atoms with van der Waals surface area (Å²) in [5.41, 5.74) is 1.85. The lowest BCUT2D eigenvalue weighted by Crippen LogP contribution is -2.36. The van der Waals surface area contributed by atoms with Crippen LogP contribution in [0.5, 0.6) is 23.0 Å². The van der Waals surface area contributed by atoms with E-state index in [9.17, 15) is 4.79 Å². The van der Waals surface area contributed by atoms with Crippen LogP contribution in [0.25, 0.3) is 0 Å². The van der Waals surface area contributed by atoms with Crippen molar-refractivity contribution < 1.29 is 23.7 Å². The zero-order valence-electron chi connectivity index (χ0n) is 15.8. The van der Waals surface area contributed by atoms with Crippen molar-refractivity contribution in [2.45, 2.75) is 26.5 Å². The van der Waals surface area contributed by atoms with Gasteiger partial charge in [-0.2, -0.15) is 0 Å².